The molecule has 0 spiro atoms. The van der Waals surface area contributed by atoms with Crippen molar-refractivity contribution in [1.29, 1.82) is 0 Å². The van der Waals surface area contributed by atoms with Crippen LogP contribution in [0.1, 0.15) is 31.2 Å². The number of rotatable bonds is 3. The predicted molar refractivity (Wildman–Crippen MR) is 113 cm³/mol. The van der Waals surface area contributed by atoms with Crippen LogP contribution >= 0.6 is 11.3 Å². The van der Waals surface area contributed by atoms with Crippen molar-refractivity contribution < 1.29 is 28.3 Å². The number of thiophene rings is 1. The monoisotopic (exact) mass is 442 g/mol. The molecule has 1 aliphatic heterocycles. The van der Waals surface area contributed by atoms with Crippen molar-refractivity contribution in [2.24, 2.45) is 0 Å². The summed E-state index contributed by atoms with van der Waals surface area (Å²) in [7, 11) is 2.55. The molecule has 0 saturated carbocycles. The van der Waals surface area contributed by atoms with E-state index in [1.165, 1.54) is 25.2 Å². The third-order valence-electron chi connectivity index (χ3n) is 4.99. The van der Waals surface area contributed by atoms with Crippen LogP contribution in [0.25, 0.3) is 11.0 Å². The van der Waals surface area contributed by atoms with Gasteiger partial charge in [-0.3, -0.25) is 4.79 Å². The van der Waals surface area contributed by atoms with Gasteiger partial charge in [-0.2, -0.15) is 0 Å². The van der Waals surface area contributed by atoms with Crippen LogP contribution in [0.3, 0.4) is 0 Å². The molecule has 160 valence electrons. The summed E-state index contributed by atoms with van der Waals surface area (Å²) in [5, 5.41) is 3.49. The molecular weight excluding hydrogens is 424 g/mol. The summed E-state index contributed by atoms with van der Waals surface area (Å²) in [5.41, 5.74) is 0.336. The van der Waals surface area contributed by atoms with Gasteiger partial charge in [-0.15, -0.1) is 11.3 Å². The Hall–Kier alpha value is -3.66. The van der Waals surface area contributed by atoms with Crippen LogP contribution in [0.15, 0.2) is 39.5 Å². The van der Waals surface area contributed by atoms with E-state index in [-0.39, 0.29) is 22.7 Å². The highest BCUT2D eigenvalue weighted by Gasteiger charge is 2.31. The van der Waals surface area contributed by atoms with E-state index in [9.17, 15) is 19.2 Å². The molecular formula is C21H18N2O7S. The van der Waals surface area contributed by atoms with Crippen LogP contribution in [0.2, 0.25) is 0 Å². The second-order valence-electron chi connectivity index (χ2n) is 6.78. The molecule has 31 heavy (non-hydrogen) atoms. The highest BCUT2D eigenvalue weighted by molar-refractivity contribution is 7.17. The van der Waals surface area contributed by atoms with Gasteiger partial charge in [0.05, 0.1) is 26.3 Å². The van der Waals surface area contributed by atoms with Gasteiger partial charge in [0.1, 0.15) is 16.1 Å². The third-order valence-corrected chi connectivity index (χ3v) is 6.12. The molecule has 0 radical (unpaired) electrons. The summed E-state index contributed by atoms with van der Waals surface area (Å²) in [6.07, 6.45) is -0.0719. The highest BCUT2D eigenvalue weighted by atomic mass is 32.1. The van der Waals surface area contributed by atoms with E-state index in [4.69, 9.17) is 13.9 Å². The lowest BCUT2D eigenvalue weighted by Crippen LogP contribution is -2.35. The van der Waals surface area contributed by atoms with E-state index in [0.29, 0.717) is 29.5 Å². The molecule has 0 aliphatic carbocycles. The zero-order chi connectivity index (χ0) is 22.1. The van der Waals surface area contributed by atoms with E-state index < -0.39 is 23.6 Å². The van der Waals surface area contributed by atoms with Gasteiger partial charge in [-0.1, -0.05) is 18.2 Å². The van der Waals surface area contributed by atoms with E-state index in [1.54, 1.807) is 24.3 Å². The second kappa shape index (κ2) is 8.23. The van der Waals surface area contributed by atoms with E-state index in [1.807, 2.05) is 0 Å². The Morgan fingerprint density at radius 1 is 1.16 bits per heavy atom. The van der Waals surface area contributed by atoms with Crippen LogP contribution in [0.5, 0.6) is 0 Å². The fourth-order valence-corrected chi connectivity index (χ4v) is 4.73. The zero-order valence-corrected chi connectivity index (χ0v) is 17.5. The van der Waals surface area contributed by atoms with Crippen molar-refractivity contribution >= 4 is 45.3 Å². The molecule has 0 unspecified atom stereocenters. The van der Waals surface area contributed by atoms with Crippen molar-refractivity contribution in [2.45, 2.75) is 13.0 Å². The minimum absolute atomic E-state index is 0.183. The molecule has 0 fully saturated rings. The lowest BCUT2D eigenvalue weighted by atomic mass is 10.0. The summed E-state index contributed by atoms with van der Waals surface area (Å²) in [5.74, 6) is -1.31. The predicted octanol–water partition coefficient (Wildman–Crippen LogP) is 3.02. The van der Waals surface area contributed by atoms with Gasteiger partial charge in [-0.25, -0.2) is 14.4 Å². The fraction of sp³-hybridized carbons (Fsp3) is 0.238. The Balaban J connectivity index is 1.70. The average molecular weight is 442 g/mol. The number of hydrogen-bond acceptors (Lipinski definition) is 8. The molecule has 2 aromatic heterocycles. The van der Waals surface area contributed by atoms with Gasteiger partial charge < -0.3 is 24.1 Å². The summed E-state index contributed by atoms with van der Waals surface area (Å²) >= 11 is 1.15. The van der Waals surface area contributed by atoms with Crippen molar-refractivity contribution in [2.75, 3.05) is 26.1 Å². The molecule has 1 aliphatic rings. The number of fused-ring (bicyclic) bond motifs is 2. The van der Waals surface area contributed by atoms with Crippen molar-refractivity contribution in [3.05, 3.63) is 62.3 Å². The topological polar surface area (TPSA) is 115 Å². The van der Waals surface area contributed by atoms with E-state index in [0.717, 1.165) is 16.2 Å². The maximum Gasteiger partial charge on any atom is 0.409 e. The molecule has 0 atom stereocenters. The van der Waals surface area contributed by atoms with Crippen LogP contribution < -0.4 is 10.9 Å². The molecule has 1 N–H and O–H groups in total. The quantitative estimate of drug-likeness (QED) is 0.490. The number of methoxy groups -OCH3 is 2. The van der Waals surface area contributed by atoms with Crippen LogP contribution in [-0.2, 0) is 22.4 Å². The Morgan fingerprint density at radius 3 is 2.68 bits per heavy atom. The molecule has 9 nitrogen and oxygen atoms in total. The number of ether oxygens (including phenoxy) is 2. The fourth-order valence-electron chi connectivity index (χ4n) is 3.49. The third kappa shape index (κ3) is 3.77. The Bertz CT molecular complexity index is 1260. The van der Waals surface area contributed by atoms with Gasteiger partial charge in [0.2, 0.25) is 0 Å². The first kappa shape index (κ1) is 20.6. The molecule has 3 aromatic rings. The van der Waals surface area contributed by atoms with Crippen molar-refractivity contribution in [3.63, 3.8) is 0 Å². The van der Waals surface area contributed by atoms with E-state index >= 15 is 0 Å². The lowest BCUT2D eigenvalue weighted by molar-refractivity contribution is 0.0600. The smallest absolute Gasteiger partial charge is 0.409 e. The van der Waals surface area contributed by atoms with Crippen LogP contribution in [0, 0.1) is 0 Å². The summed E-state index contributed by atoms with van der Waals surface area (Å²) in [6.45, 7) is 0.604. The van der Waals surface area contributed by atoms with Gasteiger partial charge >= 0.3 is 17.7 Å². The molecule has 0 bridgehead atoms. The number of nitrogens with one attached hydrogen (secondary N) is 1. The van der Waals surface area contributed by atoms with Crippen molar-refractivity contribution in [1.82, 2.24) is 4.90 Å². The van der Waals surface area contributed by atoms with E-state index in [2.05, 4.69) is 5.32 Å². The average Bonchev–Trinajstić information content (AvgIpc) is 3.14. The van der Waals surface area contributed by atoms with Gasteiger partial charge in [0.15, 0.2) is 0 Å². The number of benzene rings is 1. The van der Waals surface area contributed by atoms with Gasteiger partial charge in [0.25, 0.3) is 5.91 Å². The van der Waals surface area contributed by atoms with Gasteiger partial charge in [0, 0.05) is 16.8 Å². The summed E-state index contributed by atoms with van der Waals surface area (Å²) < 4.78 is 14.9. The Labute approximate surface area is 180 Å². The van der Waals surface area contributed by atoms with Crippen LogP contribution in [0.4, 0.5) is 9.80 Å². The second-order valence-corrected chi connectivity index (χ2v) is 7.89. The first-order chi connectivity index (χ1) is 14.9. The largest absolute Gasteiger partial charge is 0.465 e. The minimum Gasteiger partial charge on any atom is -0.465 e. The maximum atomic E-state index is 12.9. The number of nitrogens with zero attached hydrogens (tertiary/aromatic N) is 1. The standard InChI is InChI=1S/C21H18N2O7S/c1-28-20(26)16-12-7-8-23(21(27)29-2)10-15(12)31-18(16)22-17(24)13-9-11-5-3-4-6-14(11)30-19(13)25/h3-6,9H,7-8,10H2,1-2H3,(H,22,24). The first-order valence-corrected chi connectivity index (χ1v) is 10.1. The number of hydrogen-bond donors (Lipinski definition) is 1. The Morgan fingerprint density at radius 2 is 1.94 bits per heavy atom. The molecule has 1 aromatic carbocycles. The number of amides is 2. The minimum atomic E-state index is -0.783. The Kier molecular flexibility index (Phi) is 5.47. The highest BCUT2D eigenvalue weighted by Crippen LogP contribution is 2.38. The molecule has 3 heterocycles. The molecule has 0 saturated heterocycles. The SMILES string of the molecule is COC(=O)c1c(NC(=O)c2cc3ccccc3oc2=O)sc2c1CCN(C(=O)OC)C2. The van der Waals surface area contributed by atoms with Crippen LogP contribution in [-0.4, -0.2) is 43.6 Å². The molecule has 2 amide bonds. The molecule has 4 rings (SSSR count). The lowest BCUT2D eigenvalue weighted by Gasteiger charge is -2.25. The number of para-hydroxylation sites is 1. The number of carbonyl (C=O) groups is 3. The normalized spacial score (nSPS) is 12.9. The molecule has 10 heteroatoms. The number of esters is 1. The van der Waals surface area contributed by atoms with Gasteiger partial charge in [-0.05, 0) is 24.1 Å². The van der Waals surface area contributed by atoms with Crippen molar-refractivity contribution in [3.8, 4) is 0 Å². The zero-order valence-electron chi connectivity index (χ0n) is 16.7. The number of carbonyl (C=O) groups excluding carboxylic acids is 3. The number of anilines is 1. The first-order valence-electron chi connectivity index (χ1n) is 9.33. The summed E-state index contributed by atoms with van der Waals surface area (Å²) in [6, 6.07) is 8.29. The summed E-state index contributed by atoms with van der Waals surface area (Å²) in [4.78, 5) is 51.7. The maximum absolute atomic E-state index is 12.9.